The van der Waals surface area contributed by atoms with E-state index in [1.165, 1.54) is 11.1 Å². The topological polar surface area (TPSA) is 38.9 Å². The third-order valence-corrected chi connectivity index (χ3v) is 5.80. The van der Waals surface area contributed by atoms with E-state index in [1.54, 1.807) is 0 Å². The molecule has 2 aliphatic rings. The second kappa shape index (κ2) is 5.91. The first-order valence-corrected chi connectivity index (χ1v) is 9.68. The van der Waals surface area contributed by atoms with Gasteiger partial charge in [-0.2, -0.15) is 0 Å². The summed E-state index contributed by atoms with van der Waals surface area (Å²) in [6.45, 7) is 0. The molecular weight excluding hydrogens is 368 g/mol. The van der Waals surface area contributed by atoms with Gasteiger partial charge >= 0.3 is 0 Å². The molecule has 2 aromatic carbocycles. The predicted octanol–water partition coefficient (Wildman–Crippen LogP) is 6.41. The zero-order valence-corrected chi connectivity index (χ0v) is 15.6. The van der Waals surface area contributed by atoms with Crippen molar-refractivity contribution in [1.29, 1.82) is 0 Å². The molecule has 4 heteroatoms. The molecule has 0 saturated carbocycles. The Kier molecular flexibility index (Phi) is 3.35. The van der Waals surface area contributed by atoms with Gasteiger partial charge in [0.15, 0.2) is 5.58 Å². The number of nitrogens with zero attached hydrogens (tertiary/aromatic N) is 2. The van der Waals surface area contributed by atoms with E-state index in [-0.39, 0.29) is 17.1 Å². The van der Waals surface area contributed by atoms with E-state index in [9.17, 15) is 0 Å². The van der Waals surface area contributed by atoms with Crippen LogP contribution < -0.4 is 0 Å². The van der Waals surface area contributed by atoms with Crippen molar-refractivity contribution in [3.63, 3.8) is 0 Å². The van der Waals surface area contributed by atoms with Gasteiger partial charge in [0.2, 0.25) is 5.28 Å². The zero-order chi connectivity index (χ0) is 18.7. The minimum Gasteiger partial charge on any atom is -0.452 e. The van der Waals surface area contributed by atoms with Crippen LogP contribution in [0.5, 0.6) is 0 Å². The van der Waals surface area contributed by atoms with Gasteiger partial charge in [0.05, 0.1) is 0 Å². The molecule has 2 heterocycles. The largest absolute Gasteiger partial charge is 0.452 e. The van der Waals surface area contributed by atoms with Crippen LogP contribution in [0.15, 0.2) is 77.3 Å². The molecule has 4 aromatic rings. The normalized spacial score (nSPS) is 20.2. The first-order valence-electron chi connectivity index (χ1n) is 9.30. The third-order valence-electron chi connectivity index (χ3n) is 5.63. The highest BCUT2D eigenvalue weighted by atomic mass is 35.5. The van der Waals surface area contributed by atoms with Crippen LogP contribution in [0.3, 0.4) is 0 Å². The molecule has 3 nitrogen and oxygen atoms in total. The molecular formula is C24H15ClN2O. The smallest absolute Gasteiger partial charge is 0.223 e. The maximum absolute atomic E-state index is 6.35. The van der Waals surface area contributed by atoms with Gasteiger partial charge in [-0.1, -0.05) is 60.7 Å². The number of hydrogen-bond donors (Lipinski definition) is 0. The monoisotopic (exact) mass is 382 g/mol. The fourth-order valence-electron chi connectivity index (χ4n) is 4.40. The van der Waals surface area contributed by atoms with Crippen molar-refractivity contribution in [3.05, 3.63) is 94.9 Å². The number of allylic oxidation sites excluding steroid dienone is 5. The van der Waals surface area contributed by atoms with Crippen LogP contribution in [0.4, 0.5) is 0 Å². The van der Waals surface area contributed by atoms with Crippen molar-refractivity contribution in [2.24, 2.45) is 5.92 Å². The predicted molar refractivity (Wildman–Crippen MR) is 113 cm³/mol. The zero-order valence-electron chi connectivity index (χ0n) is 14.8. The second-order valence-corrected chi connectivity index (χ2v) is 7.51. The molecule has 2 atom stereocenters. The fraction of sp³-hybridized carbons (Fsp3) is 0.0833. The summed E-state index contributed by atoms with van der Waals surface area (Å²) in [5, 5.41) is 1.19. The van der Waals surface area contributed by atoms with Crippen LogP contribution in [0, 0.1) is 5.92 Å². The van der Waals surface area contributed by atoms with E-state index in [0.717, 1.165) is 27.8 Å². The van der Waals surface area contributed by atoms with Gasteiger partial charge in [-0.05, 0) is 46.5 Å². The lowest BCUT2D eigenvalue weighted by Crippen LogP contribution is -2.18. The van der Waals surface area contributed by atoms with E-state index < -0.39 is 0 Å². The molecule has 0 amide bonds. The Morgan fingerprint density at radius 1 is 0.857 bits per heavy atom. The molecule has 0 N–H and O–H groups in total. The fourth-order valence-corrected chi connectivity index (χ4v) is 4.57. The van der Waals surface area contributed by atoms with Gasteiger partial charge < -0.3 is 4.42 Å². The van der Waals surface area contributed by atoms with E-state index in [2.05, 4.69) is 64.6 Å². The van der Waals surface area contributed by atoms with E-state index in [4.69, 9.17) is 16.0 Å². The summed E-state index contributed by atoms with van der Waals surface area (Å²) in [4.78, 5) is 9.09. The first-order chi connectivity index (χ1) is 13.8. The van der Waals surface area contributed by atoms with Crippen molar-refractivity contribution in [3.8, 4) is 0 Å². The van der Waals surface area contributed by atoms with Gasteiger partial charge in [0, 0.05) is 17.2 Å². The standard InChI is InChI=1S/C24H15ClN2O/c25-24-26-21-18-11-5-6-12-20(18)28-23(21)22(27-24)19-13-14-7-1-2-8-15(14)16-9-3-4-10-17(16)19/h1-13,16-17H. The Morgan fingerprint density at radius 2 is 1.64 bits per heavy atom. The van der Waals surface area contributed by atoms with Crippen molar-refractivity contribution in [1.82, 2.24) is 9.97 Å². The molecule has 2 aliphatic carbocycles. The van der Waals surface area contributed by atoms with Crippen LogP contribution >= 0.6 is 11.6 Å². The van der Waals surface area contributed by atoms with Gasteiger partial charge in [-0.25, -0.2) is 9.97 Å². The summed E-state index contributed by atoms with van der Waals surface area (Å²) >= 11 is 6.35. The highest BCUT2D eigenvalue weighted by Gasteiger charge is 2.32. The highest BCUT2D eigenvalue weighted by molar-refractivity contribution is 6.29. The Bertz CT molecular complexity index is 1350. The summed E-state index contributed by atoms with van der Waals surface area (Å²) < 4.78 is 6.19. The van der Waals surface area contributed by atoms with Crippen molar-refractivity contribution in [2.75, 3.05) is 0 Å². The van der Waals surface area contributed by atoms with Gasteiger partial charge in [0.1, 0.15) is 16.8 Å². The molecule has 2 aromatic heterocycles. The van der Waals surface area contributed by atoms with E-state index in [0.29, 0.717) is 5.58 Å². The molecule has 0 saturated heterocycles. The minimum absolute atomic E-state index is 0.183. The quantitative estimate of drug-likeness (QED) is 0.357. The second-order valence-electron chi connectivity index (χ2n) is 7.17. The van der Waals surface area contributed by atoms with Gasteiger partial charge in [0.25, 0.3) is 0 Å². The Labute approximate surface area is 166 Å². The first kappa shape index (κ1) is 15.8. The number of para-hydroxylation sites is 1. The lowest BCUT2D eigenvalue weighted by molar-refractivity contribution is 0.658. The van der Waals surface area contributed by atoms with Gasteiger partial charge in [-0.3, -0.25) is 0 Å². The number of benzene rings is 2. The van der Waals surface area contributed by atoms with Crippen molar-refractivity contribution in [2.45, 2.75) is 5.92 Å². The molecule has 0 radical (unpaired) electrons. The Morgan fingerprint density at radius 3 is 2.57 bits per heavy atom. The highest BCUT2D eigenvalue weighted by Crippen LogP contribution is 2.47. The number of halogens is 1. The third kappa shape index (κ3) is 2.23. The van der Waals surface area contributed by atoms with Crippen molar-refractivity contribution >= 4 is 45.3 Å². The van der Waals surface area contributed by atoms with E-state index in [1.807, 2.05) is 24.3 Å². The SMILES string of the molecule is Clc1nc(C2=Cc3ccccc3C3C=CC=CC23)c2oc3ccccc3c2n1. The number of fused-ring (bicyclic) bond motifs is 6. The Hall–Kier alpha value is -3.17. The number of hydrogen-bond acceptors (Lipinski definition) is 3. The summed E-state index contributed by atoms with van der Waals surface area (Å²) in [6.07, 6.45) is 10.9. The summed E-state index contributed by atoms with van der Waals surface area (Å²) in [5.74, 6) is 0.455. The summed E-state index contributed by atoms with van der Waals surface area (Å²) in [7, 11) is 0. The molecule has 28 heavy (non-hydrogen) atoms. The van der Waals surface area contributed by atoms with E-state index >= 15 is 0 Å². The molecule has 0 bridgehead atoms. The summed E-state index contributed by atoms with van der Waals surface area (Å²) in [6, 6.07) is 16.4. The summed E-state index contributed by atoms with van der Waals surface area (Å²) in [5.41, 5.74) is 6.67. The van der Waals surface area contributed by atoms with Crippen molar-refractivity contribution < 1.29 is 4.42 Å². The lowest BCUT2D eigenvalue weighted by atomic mass is 9.72. The molecule has 0 fully saturated rings. The Balaban J connectivity index is 1.68. The lowest BCUT2D eigenvalue weighted by Gasteiger charge is -2.32. The molecule has 6 rings (SSSR count). The average molecular weight is 383 g/mol. The maximum atomic E-state index is 6.35. The van der Waals surface area contributed by atoms with Crippen LogP contribution in [0.2, 0.25) is 5.28 Å². The molecule has 0 aliphatic heterocycles. The van der Waals surface area contributed by atoms with Crippen LogP contribution in [-0.4, -0.2) is 9.97 Å². The van der Waals surface area contributed by atoms with Crippen LogP contribution in [0.1, 0.15) is 22.7 Å². The minimum atomic E-state index is 0.183. The van der Waals surface area contributed by atoms with Crippen LogP contribution in [0.25, 0.3) is 33.7 Å². The molecule has 2 unspecified atom stereocenters. The maximum Gasteiger partial charge on any atom is 0.223 e. The average Bonchev–Trinajstić information content (AvgIpc) is 3.11. The molecule has 134 valence electrons. The molecule has 0 spiro atoms. The number of furan rings is 1. The number of aromatic nitrogens is 2. The van der Waals surface area contributed by atoms with Crippen LogP contribution in [-0.2, 0) is 0 Å². The number of rotatable bonds is 1. The van der Waals surface area contributed by atoms with Gasteiger partial charge in [-0.15, -0.1) is 0 Å².